The van der Waals surface area contributed by atoms with Gasteiger partial charge in [-0.1, -0.05) is 35.2 Å². The average Bonchev–Trinajstić information content (AvgIpc) is 3.50. The van der Waals surface area contributed by atoms with Gasteiger partial charge in [-0.3, -0.25) is 14.9 Å². The summed E-state index contributed by atoms with van der Waals surface area (Å²) in [4.78, 5) is 30.9. The van der Waals surface area contributed by atoms with E-state index in [1.807, 2.05) is 42.5 Å². The van der Waals surface area contributed by atoms with E-state index in [4.69, 9.17) is 0 Å². The highest BCUT2D eigenvalue weighted by molar-refractivity contribution is 7.99. The number of thiazole rings is 1. The highest BCUT2D eigenvalue weighted by Gasteiger charge is 2.13. The second-order valence-corrected chi connectivity index (χ2v) is 10.8. The van der Waals surface area contributed by atoms with Crippen LogP contribution in [0.3, 0.4) is 0 Å². The van der Waals surface area contributed by atoms with Gasteiger partial charge in [0.05, 0.1) is 20.5 Å². The van der Waals surface area contributed by atoms with Gasteiger partial charge in [-0.05, 0) is 80.1 Å². The summed E-state index contributed by atoms with van der Waals surface area (Å²) in [6, 6.07) is 24.5. The first-order valence-corrected chi connectivity index (χ1v) is 13.2. The molecule has 0 aliphatic heterocycles. The molecule has 0 N–H and O–H groups in total. The Kier molecular flexibility index (Phi) is 5.66. The first-order valence-electron chi connectivity index (χ1n) is 11.5. The molecule has 3 heterocycles. The zero-order valence-corrected chi connectivity index (χ0v) is 21.5. The Morgan fingerprint density at radius 2 is 1.65 bits per heavy atom. The van der Waals surface area contributed by atoms with Crippen molar-refractivity contribution in [2.24, 2.45) is 0 Å². The lowest BCUT2D eigenvalue weighted by Crippen LogP contribution is -2.22. The van der Waals surface area contributed by atoms with Gasteiger partial charge in [0.2, 0.25) is 0 Å². The minimum absolute atomic E-state index is 0.0499. The number of aromatic nitrogens is 3. The Hall–Kier alpha value is -4.21. The molecule has 7 nitrogen and oxygen atoms in total. The molecule has 0 unspecified atom stereocenters. The highest BCUT2D eigenvalue weighted by Crippen LogP contribution is 2.30. The Morgan fingerprint density at radius 3 is 2.35 bits per heavy atom. The molecule has 0 aliphatic rings. The van der Waals surface area contributed by atoms with Crippen molar-refractivity contribution >= 4 is 50.9 Å². The summed E-state index contributed by atoms with van der Waals surface area (Å²) in [5, 5.41) is 10.9. The summed E-state index contributed by atoms with van der Waals surface area (Å²) in [5.74, 6) is 0. The molecule has 0 aliphatic carbocycles. The number of imidazole rings is 1. The van der Waals surface area contributed by atoms with E-state index >= 15 is 0 Å². The van der Waals surface area contributed by atoms with E-state index in [0.29, 0.717) is 9.49 Å². The molecule has 0 bridgehead atoms. The molecule has 3 aromatic carbocycles. The highest BCUT2D eigenvalue weighted by atomic mass is 32.2. The molecular weight excluding hydrogens is 504 g/mol. The standard InChI is InChI=1S/C28H20N4O3S2/c1-17-15-19(16-26-27(33)31-25-6-4-3-5-24(25)29-28(31)37-26)18(2)30(17)20-7-11-22(12-8-20)36-23-13-9-21(10-14-23)32(34)35/h3-16H,1-2H3/b26-16-. The molecule has 9 heteroatoms. The van der Waals surface area contributed by atoms with E-state index in [1.165, 1.54) is 23.5 Å². The number of nitro benzene ring substituents is 1. The van der Waals surface area contributed by atoms with Crippen LogP contribution >= 0.6 is 23.1 Å². The maximum atomic E-state index is 13.2. The molecule has 0 amide bonds. The van der Waals surface area contributed by atoms with Crippen LogP contribution in [0.2, 0.25) is 0 Å². The zero-order valence-electron chi connectivity index (χ0n) is 19.9. The van der Waals surface area contributed by atoms with E-state index in [0.717, 1.165) is 43.5 Å². The average molecular weight is 525 g/mol. The fourth-order valence-corrected chi connectivity index (χ4v) is 6.31. The quantitative estimate of drug-likeness (QED) is 0.206. The zero-order chi connectivity index (χ0) is 25.7. The lowest BCUT2D eigenvalue weighted by atomic mass is 10.2. The van der Waals surface area contributed by atoms with Crippen LogP contribution in [-0.4, -0.2) is 18.9 Å². The third kappa shape index (κ3) is 4.12. The van der Waals surface area contributed by atoms with Gasteiger partial charge in [0.1, 0.15) is 0 Å². The molecule has 6 aromatic rings. The Labute approximate surface area is 219 Å². The molecule has 0 saturated heterocycles. The van der Waals surface area contributed by atoms with E-state index in [9.17, 15) is 14.9 Å². The molecule has 0 saturated carbocycles. The Morgan fingerprint density at radius 1 is 0.973 bits per heavy atom. The van der Waals surface area contributed by atoms with Crippen molar-refractivity contribution in [2.75, 3.05) is 0 Å². The van der Waals surface area contributed by atoms with Crippen molar-refractivity contribution in [1.29, 1.82) is 0 Å². The van der Waals surface area contributed by atoms with Gasteiger partial charge in [0.15, 0.2) is 4.96 Å². The number of rotatable bonds is 5. The van der Waals surface area contributed by atoms with Crippen molar-refractivity contribution in [3.8, 4) is 5.69 Å². The number of para-hydroxylation sites is 2. The number of nitrogens with zero attached hydrogens (tertiary/aromatic N) is 4. The summed E-state index contributed by atoms with van der Waals surface area (Å²) < 4.78 is 4.51. The molecule has 0 radical (unpaired) electrons. The SMILES string of the molecule is Cc1cc(/C=c2\sc3nc4ccccc4n3c2=O)c(C)n1-c1ccc(Sc2ccc([N+](=O)[O-])cc2)cc1. The Bertz CT molecular complexity index is 1920. The smallest absolute Gasteiger partial charge is 0.274 e. The topological polar surface area (TPSA) is 82.4 Å². The van der Waals surface area contributed by atoms with Gasteiger partial charge in [0, 0.05) is 39.0 Å². The fourth-order valence-electron chi connectivity index (χ4n) is 4.52. The number of benzene rings is 3. The molecule has 0 spiro atoms. The van der Waals surface area contributed by atoms with Crippen LogP contribution in [0.25, 0.3) is 27.8 Å². The van der Waals surface area contributed by atoms with Crippen molar-refractivity contribution in [1.82, 2.24) is 14.0 Å². The van der Waals surface area contributed by atoms with Crippen LogP contribution in [0.15, 0.2) is 93.4 Å². The maximum Gasteiger partial charge on any atom is 0.274 e. The minimum atomic E-state index is -0.396. The maximum absolute atomic E-state index is 13.2. The van der Waals surface area contributed by atoms with Crippen molar-refractivity contribution in [2.45, 2.75) is 23.6 Å². The first-order chi connectivity index (χ1) is 17.9. The van der Waals surface area contributed by atoms with E-state index in [-0.39, 0.29) is 11.2 Å². The number of aryl methyl sites for hydroxylation is 1. The number of hydrogen-bond donors (Lipinski definition) is 0. The fraction of sp³-hybridized carbons (Fsp3) is 0.0714. The van der Waals surface area contributed by atoms with Crippen LogP contribution < -0.4 is 10.1 Å². The van der Waals surface area contributed by atoms with Crippen LogP contribution in [0.1, 0.15) is 17.0 Å². The monoisotopic (exact) mass is 524 g/mol. The molecular formula is C28H20N4O3S2. The van der Waals surface area contributed by atoms with E-state index in [1.54, 1.807) is 28.3 Å². The van der Waals surface area contributed by atoms with E-state index in [2.05, 4.69) is 41.6 Å². The molecule has 6 rings (SSSR count). The third-order valence-electron chi connectivity index (χ3n) is 6.28. The third-order valence-corrected chi connectivity index (χ3v) is 8.26. The second-order valence-electron chi connectivity index (χ2n) is 8.64. The van der Waals surface area contributed by atoms with Gasteiger partial charge >= 0.3 is 0 Å². The number of non-ortho nitro benzene ring substituents is 1. The van der Waals surface area contributed by atoms with Crippen molar-refractivity contribution in [3.63, 3.8) is 0 Å². The van der Waals surface area contributed by atoms with Gasteiger partial charge in [-0.25, -0.2) is 9.38 Å². The van der Waals surface area contributed by atoms with E-state index < -0.39 is 4.92 Å². The number of nitro groups is 1. The van der Waals surface area contributed by atoms with Gasteiger partial charge in [-0.2, -0.15) is 0 Å². The summed E-state index contributed by atoms with van der Waals surface area (Å²) in [5.41, 5.74) is 5.82. The molecule has 182 valence electrons. The number of fused-ring (bicyclic) bond motifs is 3. The summed E-state index contributed by atoms with van der Waals surface area (Å²) in [6.07, 6.45) is 1.95. The molecule has 3 aromatic heterocycles. The Balaban J connectivity index is 1.31. The minimum Gasteiger partial charge on any atom is -0.318 e. The predicted molar refractivity (Wildman–Crippen MR) is 148 cm³/mol. The predicted octanol–water partition coefficient (Wildman–Crippen LogP) is 5.92. The molecule has 37 heavy (non-hydrogen) atoms. The van der Waals surface area contributed by atoms with Crippen LogP contribution in [0.5, 0.6) is 0 Å². The van der Waals surface area contributed by atoms with Crippen LogP contribution in [0, 0.1) is 24.0 Å². The van der Waals surface area contributed by atoms with Gasteiger partial charge in [-0.15, -0.1) is 0 Å². The van der Waals surface area contributed by atoms with Crippen LogP contribution in [-0.2, 0) is 0 Å². The van der Waals surface area contributed by atoms with Crippen molar-refractivity contribution in [3.05, 3.63) is 121 Å². The van der Waals surface area contributed by atoms with Gasteiger partial charge in [0.25, 0.3) is 11.2 Å². The van der Waals surface area contributed by atoms with Crippen LogP contribution in [0.4, 0.5) is 5.69 Å². The van der Waals surface area contributed by atoms with Crippen molar-refractivity contribution < 1.29 is 4.92 Å². The lowest BCUT2D eigenvalue weighted by molar-refractivity contribution is -0.384. The first kappa shape index (κ1) is 23.2. The largest absolute Gasteiger partial charge is 0.318 e. The molecule has 0 fully saturated rings. The summed E-state index contributed by atoms with van der Waals surface area (Å²) >= 11 is 2.96. The normalized spacial score (nSPS) is 12.1. The molecule has 0 atom stereocenters. The number of hydrogen-bond acceptors (Lipinski definition) is 6. The second kappa shape index (κ2) is 9.02. The summed E-state index contributed by atoms with van der Waals surface area (Å²) in [7, 11) is 0. The van der Waals surface area contributed by atoms with Gasteiger partial charge < -0.3 is 4.57 Å². The lowest BCUT2D eigenvalue weighted by Gasteiger charge is -2.10. The summed E-state index contributed by atoms with van der Waals surface area (Å²) in [6.45, 7) is 4.10.